The lowest BCUT2D eigenvalue weighted by Crippen LogP contribution is -1.99. The number of aromatic nitrogens is 2. The highest BCUT2D eigenvalue weighted by atomic mass is 32.1. The molecule has 0 aliphatic rings. The summed E-state index contributed by atoms with van der Waals surface area (Å²) in [6.07, 6.45) is 0. The SMILES string of the molecule is N#Cc1ccc(Cn2c(=S)[nH]c3ccc(F)cc32)cc1. The highest BCUT2D eigenvalue weighted by molar-refractivity contribution is 7.71. The van der Waals surface area contributed by atoms with E-state index in [1.807, 2.05) is 16.7 Å². The maximum Gasteiger partial charge on any atom is 0.178 e. The van der Waals surface area contributed by atoms with Crippen LogP contribution in [-0.4, -0.2) is 9.55 Å². The molecule has 0 spiro atoms. The van der Waals surface area contributed by atoms with E-state index in [1.54, 1.807) is 18.2 Å². The number of hydrogen-bond donors (Lipinski definition) is 1. The van der Waals surface area contributed by atoms with Gasteiger partial charge in [0.05, 0.1) is 29.2 Å². The second-order valence-electron chi connectivity index (χ2n) is 4.49. The molecule has 0 atom stereocenters. The van der Waals surface area contributed by atoms with Crippen molar-refractivity contribution in [3.63, 3.8) is 0 Å². The van der Waals surface area contributed by atoms with Crippen LogP contribution in [0.1, 0.15) is 11.1 Å². The molecule has 5 heteroatoms. The van der Waals surface area contributed by atoms with E-state index in [4.69, 9.17) is 17.5 Å². The molecule has 0 aliphatic carbocycles. The molecule has 1 aromatic heterocycles. The molecule has 0 bridgehead atoms. The monoisotopic (exact) mass is 283 g/mol. The number of nitrogens with zero attached hydrogens (tertiary/aromatic N) is 2. The number of fused-ring (bicyclic) bond motifs is 1. The molecular formula is C15H10FN3S. The summed E-state index contributed by atoms with van der Waals surface area (Å²) in [5.41, 5.74) is 3.16. The summed E-state index contributed by atoms with van der Waals surface area (Å²) in [4.78, 5) is 3.06. The molecule has 0 aliphatic heterocycles. The molecule has 0 saturated heterocycles. The largest absolute Gasteiger partial charge is 0.331 e. The maximum absolute atomic E-state index is 13.4. The fourth-order valence-electron chi connectivity index (χ4n) is 2.15. The lowest BCUT2D eigenvalue weighted by Gasteiger charge is -2.05. The molecule has 0 unspecified atom stereocenters. The fraction of sp³-hybridized carbons (Fsp3) is 0.0667. The van der Waals surface area contributed by atoms with Gasteiger partial charge in [-0.2, -0.15) is 5.26 Å². The predicted molar refractivity (Wildman–Crippen MR) is 77.3 cm³/mol. The summed E-state index contributed by atoms with van der Waals surface area (Å²) >= 11 is 5.28. The normalized spacial score (nSPS) is 10.6. The van der Waals surface area contributed by atoms with Gasteiger partial charge in [0.15, 0.2) is 4.77 Å². The summed E-state index contributed by atoms with van der Waals surface area (Å²) in [6, 6.07) is 13.9. The van der Waals surface area contributed by atoms with Gasteiger partial charge >= 0.3 is 0 Å². The van der Waals surface area contributed by atoms with Gasteiger partial charge in [0.1, 0.15) is 5.82 Å². The topological polar surface area (TPSA) is 44.5 Å². The van der Waals surface area contributed by atoms with Crippen molar-refractivity contribution in [3.05, 3.63) is 64.2 Å². The molecule has 98 valence electrons. The Balaban J connectivity index is 2.05. The van der Waals surface area contributed by atoms with Gasteiger partial charge in [0.25, 0.3) is 0 Å². The third-order valence-electron chi connectivity index (χ3n) is 3.16. The second-order valence-corrected chi connectivity index (χ2v) is 4.87. The van der Waals surface area contributed by atoms with Crippen molar-refractivity contribution in [1.82, 2.24) is 9.55 Å². The second kappa shape index (κ2) is 4.91. The Bertz CT molecular complexity index is 869. The molecular weight excluding hydrogens is 273 g/mol. The van der Waals surface area contributed by atoms with Crippen LogP contribution in [0.15, 0.2) is 42.5 Å². The maximum atomic E-state index is 13.4. The Kier molecular flexibility index (Phi) is 3.09. The minimum absolute atomic E-state index is 0.292. The Labute approximate surface area is 119 Å². The summed E-state index contributed by atoms with van der Waals surface area (Å²) in [6.45, 7) is 0.536. The first-order valence-electron chi connectivity index (χ1n) is 6.04. The van der Waals surface area contributed by atoms with Crippen molar-refractivity contribution in [2.45, 2.75) is 6.54 Å². The molecule has 2 aromatic carbocycles. The Morgan fingerprint density at radius 2 is 1.95 bits per heavy atom. The van der Waals surface area contributed by atoms with Crippen molar-refractivity contribution >= 4 is 23.3 Å². The van der Waals surface area contributed by atoms with Gasteiger partial charge in [-0.25, -0.2) is 4.39 Å². The highest BCUT2D eigenvalue weighted by Gasteiger charge is 2.06. The van der Waals surface area contributed by atoms with E-state index in [9.17, 15) is 4.39 Å². The standard InChI is InChI=1S/C15H10FN3S/c16-12-5-6-13-14(7-12)19(15(20)18-13)9-11-3-1-10(8-17)2-4-11/h1-7H,9H2,(H,18,20). The number of halogens is 1. The minimum Gasteiger partial charge on any atom is -0.331 e. The average Bonchev–Trinajstić information content (AvgIpc) is 2.76. The van der Waals surface area contributed by atoms with Crippen LogP contribution in [-0.2, 0) is 6.54 Å². The zero-order chi connectivity index (χ0) is 14.1. The van der Waals surface area contributed by atoms with Crippen LogP contribution in [0.5, 0.6) is 0 Å². The first kappa shape index (κ1) is 12.6. The van der Waals surface area contributed by atoms with Crippen LogP contribution in [0.3, 0.4) is 0 Å². The van der Waals surface area contributed by atoms with Gasteiger partial charge in [-0.15, -0.1) is 0 Å². The average molecular weight is 283 g/mol. The van der Waals surface area contributed by atoms with E-state index in [0.29, 0.717) is 16.9 Å². The van der Waals surface area contributed by atoms with Crippen LogP contribution < -0.4 is 0 Å². The van der Waals surface area contributed by atoms with Crippen molar-refractivity contribution in [2.24, 2.45) is 0 Å². The molecule has 0 amide bonds. The van der Waals surface area contributed by atoms with Gasteiger partial charge in [-0.1, -0.05) is 12.1 Å². The number of H-pyrrole nitrogens is 1. The van der Waals surface area contributed by atoms with E-state index in [1.165, 1.54) is 12.1 Å². The molecule has 3 rings (SSSR count). The third kappa shape index (κ3) is 2.22. The number of imidazole rings is 1. The number of hydrogen-bond acceptors (Lipinski definition) is 2. The van der Waals surface area contributed by atoms with E-state index >= 15 is 0 Å². The van der Waals surface area contributed by atoms with E-state index in [0.717, 1.165) is 16.6 Å². The van der Waals surface area contributed by atoms with Gasteiger partial charge in [0, 0.05) is 0 Å². The Hall–Kier alpha value is -2.45. The molecule has 20 heavy (non-hydrogen) atoms. The summed E-state index contributed by atoms with van der Waals surface area (Å²) in [5, 5.41) is 8.78. The molecule has 0 saturated carbocycles. The van der Waals surface area contributed by atoms with Crippen LogP contribution >= 0.6 is 12.2 Å². The van der Waals surface area contributed by atoms with Gasteiger partial charge in [0.2, 0.25) is 0 Å². The summed E-state index contributed by atoms with van der Waals surface area (Å²) in [5.74, 6) is -0.292. The molecule has 1 heterocycles. The summed E-state index contributed by atoms with van der Waals surface area (Å²) in [7, 11) is 0. The molecule has 0 radical (unpaired) electrons. The van der Waals surface area contributed by atoms with Crippen molar-refractivity contribution in [3.8, 4) is 6.07 Å². The third-order valence-corrected chi connectivity index (χ3v) is 3.48. The zero-order valence-corrected chi connectivity index (χ0v) is 11.2. The van der Waals surface area contributed by atoms with Crippen LogP contribution in [0.2, 0.25) is 0 Å². The number of rotatable bonds is 2. The number of aromatic amines is 1. The number of nitriles is 1. The minimum atomic E-state index is -0.292. The van der Waals surface area contributed by atoms with Crippen molar-refractivity contribution in [1.29, 1.82) is 5.26 Å². The molecule has 1 N–H and O–H groups in total. The van der Waals surface area contributed by atoms with E-state index in [-0.39, 0.29) is 5.82 Å². The lowest BCUT2D eigenvalue weighted by atomic mass is 10.1. The van der Waals surface area contributed by atoms with Gasteiger partial charge in [-0.05, 0) is 48.1 Å². The lowest BCUT2D eigenvalue weighted by molar-refractivity contribution is 0.628. The van der Waals surface area contributed by atoms with Crippen LogP contribution in [0.25, 0.3) is 11.0 Å². The van der Waals surface area contributed by atoms with Gasteiger partial charge < -0.3 is 9.55 Å². The summed E-state index contributed by atoms with van der Waals surface area (Å²) < 4.78 is 15.8. The number of nitrogens with one attached hydrogen (secondary N) is 1. The van der Waals surface area contributed by atoms with Crippen LogP contribution in [0.4, 0.5) is 4.39 Å². The van der Waals surface area contributed by atoms with E-state index in [2.05, 4.69) is 11.1 Å². The zero-order valence-electron chi connectivity index (χ0n) is 10.4. The highest BCUT2D eigenvalue weighted by Crippen LogP contribution is 2.17. The first-order chi connectivity index (χ1) is 9.67. The predicted octanol–water partition coefficient (Wildman–Crippen LogP) is 3.76. The Morgan fingerprint density at radius 1 is 1.20 bits per heavy atom. The smallest absolute Gasteiger partial charge is 0.178 e. The molecule has 3 aromatic rings. The first-order valence-corrected chi connectivity index (χ1v) is 6.45. The Morgan fingerprint density at radius 3 is 2.65 bits per heavy atom. The quantitative estimate of drug-likeness (QED) is 0.728. The molecule has 0 fully saturated rings. The van der Waals surface area contributed by atoms with E-state index < -0.39 is 0 Å². The molecule has 3 nitrogen and oxygen atoms in total. The van der Waals surface area contributed by atoms with Gasteiger partial charge in [-0.3, -0.25) is 0 Å². The van der Waals surface area contributed by atoms with Crippen molar-refractivity contribution in [2.75, 3.05) is 0 Å². The number of benzene rings is 2. The fourth-order valence-corrected chi connectivity index (χ4v) is 2.42. The van der Waals surface area contributed by atoms with Crippen molar-refractivity contribution < 1.29 is 4.39 Å². The van der Waals surface area contributed by atoms with Crippen LogP contribution in [0, 0.1) is 21.9 Å².